The number of hydrogen-bond acceptors (Lipinski definition) is 2. The Morgan fingerprint density at radius 2 is 2.05 bits per heavy atom. The molecule has 0 unspecified atom stereocenters. The highest BCUT2D eigenvalue weighted by Gasteiger charge is 2.22. The highest BCUT2D eigenvalue weighted by molar-refractivity contribution is 6.30. The van der Waals surface area contributed by atoms with E-state index in [1.54, 1.807) is 24.3 Å². The predicted molar refractivity (Wildman–Crippen MR) is 80.5 cm³/mol. The average molecular weight is 305 g/mol. The lowest BCUT2D eigenvalue weighted by molar-refractivity contribution is 0.112. The van der Waals surface area contributed by atoms with Crippen molar-refractivity contribution in [3.8, 4) is 16.9 Å². The van der Waals surface area contributed by atoms with E-state index in [-0.39, 0.29) is 5.02 Å². The third-order valence-electron chi connectivity index (χ3n) is 3.56. The van der Waals surface area contributed by atoms with Crippen molar-refractivity contribution >= 4 is 17.9 Å². The molecule has 0 aliphatic heterocycles. The molecule has 0 N–H and O–H groups in total. The van der Waals surface area contributed by atoms with E-state index >= 15 is 0 Å². The van der Waals surface area contributed by atoms with E-state index in [0.29, 0.717) is 35.0 Å². The minimum absolute atomic E-state index is 0.0625. The van der Waals surface area contributed by atoms with Gasteiger partial charge in [0.15, 0.2) is 6.29 Å². The fraction of sp³-hybridized carbons (Fsp3) is 0.235. The van der Waals surface area contributed by atoms with E-state index in [9.17, 15) is 9.18 Å². The van der Waals surface area contributed by atoms with Crippen LogP contribution >= 0.6 is 11.6 Å². The lowest BCUT2D eigenvalue weighted by atomic mass is 10.00. The second-order valence-electron chi connectivity index (χ2n) is 5.25. The third-order valence-corrected chi connectivity index (χ3v) is 3.87. The Hall–Kier alpha value is -1.87. The average Bonchev–Trinajstić information content (AvgIpc) is 3.32. The molecule has 1 saturated carbocycles. The lowest BCUT2D eigenvalue weighted by Crippen LogP contribution is -2.00. The van der Waals surface area contributed by atoms with Crippen molar-refractivity contribution in [2.24, 2.45) is 5.92 Å². The summed E-state index contributed by atoms with van der Waals surface area (Å²) in [4.78, 5) is 11.2. The first-order chi connectivity index (χ1) is 10.2. The van der Waals surface area contributed by atoms with Gasteiger partial charge in [-0.1, -0.05) is 17.7 Å². The van der Waals surface area contributed by atoms with Crippen molar-refractivity contribution in [2.75, 3.05) is 6.61 Å². The van der Waals surface area contributed by atoms with Gasteiger partial charge in [-0.25, -0.2) is 4.39 Å². The summed E-state index contributed by atoms with van der Waals surface area (Å²) in [5.74, 6) is 0.834. The Bertz CT molecular complexity index is 680. The summed E-state index contributed by atoms with van der Waals surface area (Å²) >= 11 is 5.70. The zero-order chi connectivity index (χ0) is 14.8. The van der Waals surface area contributed by atoms with E-state index in [2.05, 4.69) is 0 Å². The minimum atomic E-state index is -0.504. The Morgan fingerprint density at radius 3 is 2.71 bits per heavy atom. The molecule has 0 bridgehead atoms. The monoisotopic (exact) mass is 304 g/mol. The SMILES string of the molecule is O=Cc1ccc(OCC2CC2)cc1-c1ccc(Cl)c(F)c1. The van der Waals surface area contributed by atoms with Gasteiger partial charge in [0, 0.05) is 5.56 Å². The Labute approximate surface area is 127 Å². The van der Waals surface area contributed by atoms with Gasteiger partial charge in [0.1, 0.15) is 11.6 Å². The van der Waals surface area contributed by atoms with Crippen molar-refractivity contribution in [3.63, 3.8) is 0 Å². The maximum Gasteiger partial charge on any atom is 0.150 e. The molecule has 0 atom stereocenters. The molecule has 2 aromatic carbocycles. The molecule has 2 nitrogen and oxygen atoms in total. The van der Waals surface area contributed by atoms with Gasteiger partial charge < -0.3 is 4.74 Å². The number of halogens is 2. The topological polar surface area (TPSA) is 26.3 Å². The maximum absolute atomic E-state index is 13.6. The van der Waals surface area contributed by atoms with Crippen molar-refractivity contribution in [2.45, 2.75) is 12.8 Å². The van der Waals surface area contributed by atoms with Crippen LogP contribution in [-0.2, 0) is 0 Å². The smallest absolute Gasteiger partial charge is 0.150 e. The van der Waals surface area contributed by atoms with Gasteiger partial charge in [0.25, 0.3) is 0 Å². The predicted octanol–water partition coefficient (Wildman–Crippen LogP) is 4.75. The highest BCUT2D eigenvalue weighted by atomic mass is 35.5. The van der Waals surface area contributed by atoms with Crippen molar-refractivity contribution < 1.29 is 13.9 Å². The Kier molecular flexibility index (Phi) is 3.93. The van der Waals surface area contributed by atoms with E-state index in [0.717, 1.165) is 6.29 Å². The zero-order valence-corrected chi connectivity index (χ0v) is 12.1. The van der Waals surface area contributed by atoms with Crippen molar-refractivity contribution in [1.29, 1.82) is 0 Å². The molecule has 0 amide bonds. The summed E-state index contributed by atoms with van der Waals surface area (Å²) in [5, 5.41) is 0.0625. The first kappa shape index (κ1) is 14.1. The second-order valence-corrected chi connectivity index (χ2v) is 5.66. The maximum atomic E-state index is 13.6. The van der Waals surface area contributed by atoms with Crippen LogP contribution in [-0.4, -0.2) is 12.9 Å². The van der Waals surface area contributed by atoms with Gasteiger partial charge in [-0.3, -0.25) is 4.79 Å². The molecule has 21 heavy (non-hydrogen) atoms. The number of carbonyl (C=O) groups excluding carboxylic acids is 1. The molecule has 1 fully saturated rings. The highest BCUT2D eigenvalue weighted by Crippen LogP contribution is 2.32. The van der Waals surface area contributed by atoms with E-state index in [1.807, 2.05) is 0 Å². The zero-order valence-electron chi connectivity index (χ0n) is 11.3. The molecule has 4 heteroatoms. The fourth-order valence-corrected chi connectivity index (χ4v) is 2.26. The summed E-state index contributed by atoms with van der Waals surface area (Å²) < 4.78 is 19.3. The molecule has 1 aliphatic carbocycles. The standard InChI is InChI=1S/C17H14ClFO2/c18-16-6-4-12(7-17(16)19)15-8-14(5-3-13(15)9-20)21-10-11-1-2-11/h3-9,11H,1-2,10H2. The van der Waals surface area contributed by atoms with Crippen LogP contribution in [0.15, 0.2) is 36.4 Å². The third kappa shape index (κ3) is 3.24. The summed E-state index contributed by atoms with van der Waals surface area (Å²) in [6.45, 7) is 0.689. The molecule has 0 radical (unpaired) electrons. The van der Waals surface area contributed by atoms with Gasteiger partial charge in [0.05, 0.1) is 11.6 Å². The second kappa shape index (κ2) is 5.86. The Morgan fingerprint density at radius 1 is 1.24 bits per heavy atom. The van der Waals surface area contributed by atoms with Crippen LogP contribution in [0.25, 0.3) is 11.1 Å². The van der Waals surface area contributed by atoms with Crippen LogP contribution in [0.4, 0.5) is 4.39 Å². The Balaban J connectivity index is 1.94. The van der Waals surface area contributed by atoms with Crippen LogP contribution < -0.4 is 4.74 Å². The quantitative estimate of drug-likeness (QED) is 0.745. The number of hydrogen-bond donors (Lipinski definition) is 0. The molecule has 2 aromatic rings. The van der Waals surface area contributed by atoms with Crippen LogP contribution in [0.1, 0.15) is 23.2 Å². The summed E-state index contributed by atoms with van der Waals surface area (Å²) in [6, 6.07) is 9.74. The number of ether oxygens (including phenoxy) is 1. The largest absolute Gasteiger partial charge is 0.493 e. The molecule has 0 spiro atoms. The molecule has 0 saturated heterocycles. The summed E-state index contributed by atoms with van der Waals surface area (Å²) in [6.07, 6.45) is 3.18. The number of aldehydes is 1. The van der Waals surface area contributed by atoms with Gasteiger partial charge in [0.2, 0.25) is 0 Å². The normalized spacial score (nSPS) is 14.0. The molecule has 0 aromatic heterocycles. The number of carbonyl (C=O) groups is 1. The van der Waals surface area contributed by atoms with E-state index in [4.69, 9.17) is 16.3 Å². The van der Waals surface area contributed by atoms with Gasteiger partial charge in [-0.2, -0.15) is 0 Å². The molecule has 0 heterocycles. The molecular formula is C17H14ClFO2. The van der Waals surface area contributed by atoms with E-state index in [1.165, 1.54) is 25.0 Å². The van der Waals surface area contributed by atoms with Crippen LogP contribution in [0.3, 0.4) is 0 Å². The summed E-state index contributed by atoms with van der Waals surface area (Å²) in [5.41, 5.74) is 1.75. The van der Waals surface area contributed by atoms with Crippen molar-refractivity contribution in [1.82, 2.24) is 0 Å². The number of benzene rings is 2. The van der Waals surface area contributed by atoms with E-state index < -0.39 is 5.82 Å². The minimum Gasteiger partial charge on any atom is -0.493 e. The van der Waals surface area contributed by atoms with Crippen LogP contribution in [0.2, 0.25) is 5.02 Å². The van der Waals surface area contributed by atoms with Crippen LogP contribution in [0, 0.1) is 11.7 Å². The number of rotatable bonds is 5. The van der Waals surface area contributed by atoms with Crippen LogP contribution in [0.5, 0.6) is 5.75 Å². The summed E-state index contributed by atoms with van der Waals surface area (Å²) in [7, 11) is 0. The fourth-order valence-electron chi connectivity index (χ4n) is 2.14. The molecule has 108 valence electrons. The van der Waals surface area contributed by atoms with Gasteiger partial charge in [-0.15, -0.1) is 0 Å². The first-order valence-corrected chi connectivity index (χ1v) is 7.22. The lowest BCUT2D eigenvalue weighted by Gasteiger charge is -2.10. The van der Waals surface area contributed by atoms with Gasteiger partial charge >= 0.3 is 0 Å². The first-order valence-electron chi connectivity index (χ1n) is 6.85. The molecule has 3 rings (SSSR count). The molecule has 1 aliphatic rings. The molecular weight excluding hydrogens is 291 g/mol. The van der Waals surface area contributed by atoms with Gasteiger partial charge in [-0.05, 0) is 60.2 Å². The van der Waals surface area contributed by atoms with Crippen molar-refractivity contribution in [3.05, 3.63) is 52.8 Å².